The Morgan fingerprint density at radius 1 is 0.865 bits per heavy atom. The number of hydrazone groups is 1. The van der Waals surface area contributed by atoms with Gasteiger partial charge in [0.05, 0.1) is 20.4 Å². The summed E-state index contributed by atoms with van der Waals surface area (Å²) in [5, 5.41) is 2.73. The quantitative estimate of drug-likeness (QED) is 0.160. The van der Waals surface area contributed by atoms with Crippen molar-refractivity contribution in [3.8, 4) is 11.5 Å². The van der Waals surface area contributed by atoms with E-state index in [2.05, 4.69) is 15.1 Å². The molecule has 1 aliphatic heterocycles. The number of nitrogens with zero attached hydrogens (tertiary/aromatic N) is 4. The summed E-state index contributed by atoms with van der Waals surface area (Å²) in [5.74, 6) is -40.7. The highest BCUT2D eigenvalue weighted by Crippen LogP contribution is 2.62. The number of hydrogen-bond donors (Lipinski definition) is 2. The van der Waals surface area contributed by atoms with Crippen LogP contribution >= 0.6 is 0 Å². The van der Waals surface area contributed by atoms with Gasteiger partial charge in [-0.15, -0.1) is 0 Å². The maximum atomic E-state index is 15.7. The lowest BCUT2D eigenvalue weighted by atomic mass is 9.85. The molecule has 0 bridgehead atoms. The number of methoxy groups -OCH3 is 2. The monoisotopic (exact) mass is 762 g/mol. The predicted molar refractivity (Wildman–Crippen MR) is 157 cm³/mol. The lowest BCUT2D eigenvalue weighted by Crippen LogP contribution is -2.71. The average Bonchev–Trinajstić information content (AvgIpc) is 3.06. The van der Waals surface area contributed by atoms with Crippen LogP contribution in [0.5, 0.6) is 11.5 Å². The number of benzene rings is 2. The van der Waals surface area contributed by atoms with Crippen molar-refractivity contribution < 1.29 is 71.3 Å². The van der Waals surface area contributed by atoms with Crippen molar-refractivity contribution in [2.45, 2.75) is 48.3 Å². The highest BCUT2D eigenvalue weighted by Gasteiger charge is 2.91. The van der Waals surface area contributed by atoms with Gasteiger partial charge in [0.15, 0.2) is 17.5 Å². The topological polar surface area (TPSA) is 129 Å². The molecule has 3 aromatic rings. The third-order valence-corrected chi connectivity index (χ3v) is 7.67. The minimum atomic E-state index is -8.14. The van der Waals surface area contributed by atoms with E-state index in [0.29, 0.717) is 29.5 Å². The molecule has 4 N–H and O–H groups in total. The average molecular weight is 763 g/mol. The van der Waals surface area contributed by atoms with Crippen molar-refractivity contribution in [1.29, 1.82) is 0 Å². The Labute approximate surface area is 283 Å². The molecule has 282 valence electrons. The summed E-state index contributed by atoms with van der Waals surface area (Å²) in [5.41, 5.74) is 10.3. The minimum Gasteiger partial charge on any atom is -0.493 e. The van der Waals surface area contributed by atoms with Crippen LogP contribution in [0.4, 0.5) is 68.8 Å². The lowest BCUT2D eigenvalue weighted by Gasteiger charge is -2.44. The number of halogens is 13. The molecule has 2 heterocycles. The van der Waals surface area contributed by atoms with Crippen LogP contribution in [0.15, 0.2) is 53.8 Å². The molecule has 1 unspecified atom stereocenters. The van der Waals surface area contributed by atoms with Crippen LogP contribution in [0.2, 0.25) is 0 Å². The van der Waals surface area contributed by atoms with Gasteiger partial charge in [-0.3, -0.25) is 4.79 Å². The van der Waals surface area contributed by atoms with Gasteiger partial charge in [-0.1, -0.05) is 24.3 Å². The summed E-state index contributed by atoms with van der Waals surface area (Å²) in [6.45, 7) is 0. The van der Waals surface area contributed by atoms with E-state index in [-0.39, 0.29) is 35.2 Å². The molecular formula is C30H23F13N6O3. The highest BCUT2D eigenvalue weighted by atomic mass is 19.4. The first-order chi connectivity index (χ1) is 23.9. The van der Waals surface area contributed by atoms with E-state index in [1.54, 1.807) is 0 Å². The van der Waals surface area contributed by atoms with Crippen LogP contribution in [0, 0.1) is 0 Å². The first kappa shape index (κ1) is 39.5. The smallest absolute Gasteiger partial charge is 0.460 e. The van der Waals surface area contributed by atoms with Gasteiger partial charge in [0.2, 0.25) is 5.95 Å². The number of rotatable bonds is 11. The third kappa shape index (κ3) is 6.37. The van der Waals surface area contributed by atoms with Crippen LogP contribution in [-0.4, -0.2) is 77.1 Å². The molecule has 9 nitrogen and oxygen atoms in total. The number of ether oxygens (including phenoxy) is 2. The Morgan fingerprint density at radius 2 is 1.48 bits per heavy atom. The van der Waals surface area contributed by atoms with E-state index < -0.39 is 63.9 Å². The standard InChI is InChI=1S/C30H23F13N6O3/c1-51-19-11-14(10-17-12-46-24(45)48-23(17)44)9-15(21(19)52-2)7-8-20(50)49-22(18-6-4-3-5-16(18)13-47-49)25(31,32)26(33,34)27(35,36)28(37,38)29(39,40)30(41,42)43/h3-9,11-13,22H,10H2,1-2H3,(H4,44,45,46,48). The van der Waals surface area contributed by atoms with E-state index in [4.69, 9.17) is 20.9 Å². The van der Waals surface area contributed by atoms with Crippen LogP contribution in [0.1, 0.15) is 33.9 Å². The zero-order valence-corrected chi connectivity index (χ0v) is 26.1. The van der Waals surface area contributed by atoms with Crippen molar-refractivity contribution in [2.24, 2.45) is 5.10 Å². The van der Waals surface area contributed by atoms with Gasteiger partial charge in [0, 0.05) is 35.4 Å². The van der Waals surface area contributed by atoms with E-state index in [9.17, 15) is 44.3 Å². The molecule has 0 saturated heterocycles. The fourth-order valence-corrected chi connectivity index (χ4v) is 4.99. The summed E-state index contributed by atoms with van der Waals surface area (Å²) >= 11 is 0. The summed E-state index contributed by atoms with van der Waals surface area (Å²) in [4.78, 5) is 21.0. The number of anilines is 2. The molecule has 0 saturated carbocycles. The van der Waals surface area contributed by atoms with Crippen LogP contribution in [0.25, 0.3) is 6.08 Å². The fraction of sp³-hybridized carbons (Fsp3) is 0.333. The summed E-state index contributed by atoms with van der Waals surface area (Å²) in [6.07, 6.45) is -4.47. The first-order valence-corrected chi connectivity index (χ1v) is 14.1. The molecule has 4 rings (SSSR count). The van der Waals surface area contributed by atoms with Gasteiger partial charge in [-0.05, 0) is 29.3 Å². The second-order valence-electron chi connectivity index (χ2n) is 10.9. The summed E-state index contributed by atoms with van der Waals surface area (Å²) < 4.78 is 194. The Hall–Kier alpha value is -5.31. The van der Waals surface area contributed by atoms with Gasteiger partial charge < -0.3 is 20.9 Å². The van der Waals surface area contributed by atoms with Gasteiger partial charge in [-0.2, -0.15) is 67.2 Å². The predicted octanol–water partition coefficient (Wildman–Crippen LogP) is 6.92. The van der Waals surface area contributed by atoms with E-state index in [1.807, 2.05) is 0 Å². The molecule has 0 spiro atoms. The van der Waals surface area contributed by atoms with Crippen molar-refractivity contribution in [3.05, 3.63) is 76.5 Å². The number of nitrogen functional groups attached to an aromatic ring is 2. The van der Waals surface area contributed by atoms with Crippen molar-refractivity contribution in [3.63, 3.8) is 0 Å². The van der Waals surface area contributed by atoms with Crippen molar-refractivity contribution in [2.75, 3.05) is 25.7 Å². The molecule has 2 aromatic carbocycles. The maximum absolute atomic E-state index is 15.7. The van der Waals surface area contributed by atoms with Gasteiger partial charge in [-0.25, -0.2) is 9.99 Å². The molecule has 1 atom stereocenters. The number of carbonyl (C=O) groups is 1. The van der Waals surface area contributed by atoms with E-state index in [0.717, 1.165) is 31.4 Å². The maximum Gasteiger partial charge on any atom is 0.460 e. The summed E-state index contributed by atoms with van der Waals surface area (Å²) in [6, 6.07) is 2.41. The molecule has 0 fully saturated rings. The molecule has 1 aromatic heterocycles. The normalized spacial score (nSPS) is 15.9. The number of hydrogen-bond acceptors (Lipinski definition) is 8. The Bertz CT molecular complexity index is 1900. The minimum absolute atomic E-state index is 0.00910. The van der Waals surface area contributed by atoms with Crippen LogP contribution in [0.3, 0.4) is 0 Å². The Morgan fingerprint density at radius 3 is 2.06 bits per heavy atom. The molecule has 0 aliphatic carbocycles. The fourth-order valence-electron chi connectivity index (χ4n) is 4.99. The van der Waals surface area contributed by atoms with Crippen LogP contribution in [-0.2, 0) is 11.2 Å². The second-order valence-corrected chi connectivity index (χ2v) is 10.9. The van der Waals surface area contributed by atoms with E-state index in [1.165, 1.54) is 25.4 Å². The molecular weight excluding hydrogens is 739 g/mol. The number of aromatic nitrogens is 2. The Balaban J connectivity index is 1.80. The zero-order valence-electron chi connectivity index (χ0n) is 26.1. The molecule has 1 aliphatic rings. The van der Waals surface area contributed by atoms with Gasteiger partial charge in [0.25, 0.3) is 5.91 Å². The number of alkyl halides is 13. The second kappa shape index (κ2) is 13.3. The molecule has 52 heavy (non-hydrogen) atoms. The van der Waals surface area contributed by atoms with Gasteiger partial charge in [0.1, 0.15) is 5.82 Å². The number of nitrogens with two attached hydrogens (primary N) is 2. The lowest BCUT2D eigenvalue weighted by molar-refractivity contribution is -0.443. The van der Waals surface area contributed by atoms with Gasteiger partial charge >= 0.3 is 35.8 Å². The largest absolute Gasteiger partial charge is 0.493 e. The third-order valence-electron chi connectivity index (χ3n) is 7.67. The Kier molecular flexibility index (Phi) is 10.1. The number of carbonyl (C=O) groups excluding carboxylic acids is 1. The first-order valence-electron chi connectivity index (χ1n) is 14.1. The zero-order chi connectivity index (χ0) is 39.2. The van der Waals surface area contributed by atoms with Crippen molar-refractivity contribution in [1.82, 2.24) is 15.0 Å². The molecule has 0 radical (unpaired) electrons. The summed E-state index contributed by atoms with van der Waals surface area (Å²) in [7, 11) is 2.35. The van der Waals surface area contributed by atoms with E-state index >= 15 is 17.6 Å². The number of fused-ring (bicyclic) bond motifs is 1. The molecule has 22 heteroatoms. The molecule has 1 amide bonds. The van der Waals surface area contributed by atoms with Crippen molar-refractivity contribution >= 4 is 30.0 Å². The number of amides is 1. The SMILES string of the molecule is COc1cc(Cc2cnc(N)nc2N)cc(C=CC(=O)N2N=Cc3ccccc3C2C(F)(F)C(F)(F)C(F)(F)C(F)(F)C(F)(F)C(F)(F)F)c1OC. The highest BCUT2D eigenvalue weighted by molar-refractivity contribution is 5.95. The van der Waals surface area contributed by atoms with Crippen LogP contribution < -0.4 is 20.9 Å².